The molecule has 1 aromatic carbocycles. The summed E-state index contributed by atoms with van der Waals surface area (Å²) in [5.41, 5.74) is 0.623. The van der Waals surface area contributed by atoms with Gasteiger partial charge in [0.1, 0.15) is 12.4 Å². The van der Waals surface area contributed by atoms with Gasteiger partial charge >= 0.3 is 6.03 Å². The van der Waals surface area contributed by atoms with Crippen molar-refractivity contribution < 1.29 is 14.6 Å². The molecule has 0 aliphatic rings. The Hall–Kier alpha value is -2.19. The summed E-state index contributed by atoms with van der Waals surface area (Å²) in [6, 6.07) is 6.91. The molecule has 0 unspecified atom stereocenters. The lowest BCUT2D eigenvalue weighted by atomic mass is 9.96. The van der Waals surface area contributed by atoms with Crippen molar-refractivity contribution >= 4 is 11.7 Å². The Bertz CT molecular complexity index is 544. The number of aliphatic hydroxyl groups excluding tert-OH is 1. The van der Waals surface area contributed by atoms with Crippen LogP contribution in [0, 0.1) is 17.8 Å². The molecule has 0 heterocycles. The summed E-state index contributed by atoms with van der Waals surface area (Å²) >= 11 is 0. The highest BCUT2D eigenvalue weighted by Gasteiger charge is 2.20. The zero-order valence-corrected chi connectivity index (χ0v) is 14.1. The quantitative estimate of drug-likeness (QED) is 0.760. The van der Waals surface area contributed by atoms with Crippen LogP contribution >= 0.6 is 0 Å². The van der Waals surface area contributed by atoms with Crippen LogP contribution in [-0.2, 0) is 0 Å². The average molecular weight is 318 g/mol. The summed E-state index contributed by atoms with van der Waals surface area (Å²) in [4.78, 5) is 14.2. The number of terminal acetylenes is 1. The number of nitrogens with zero attached hydrogens (tertiary/aromatic N) is 1. The molecule has 0 spiro atoms. The maximum atomic E-state index is 12.5. The highest BCUT2D eigenvalue weighted by molar-refractivity contribution is 5.89. The number of carbonyl (C=O) groups is 1. The Balaban J connectivity index is 2.75. The number of rotatable bonds is 7. The van der Waals surface area contributed by atoms with Crippen LogP contribution in [0.25, 0.3) is 0 Å². The number of carbonyl (C=O) groups excluding carboxylic acids is 1. The van der Waals surface area contributed by atoms with Crippen molar-refractivity contribution in [2.24, 2.45) is 5.41 Å². The summed E-state index contributed by atoms with van der Waals surface area (Å²) in [6.45, 7) is 7.56. The van der Waals surface area contributed by atoms with Gasteiger partial charge in [0, 0.05) is 31.5 Å². The molecule has 1 aromatic rings. The Morgan fingerprint density at radius 2 is 2.17 bits per heavy atom. The highest BCUT2D eigenvalue weighted by atomic mass is 16.5. The number of anilines is 1. The molecule has 5 nitrogen and oxygen atoms in total. The monoisotopic (exact) mass is 318 g/mol. The summed E-state index contributed by atoms with van der Waals surface area (Å²) in [5, 5.41) is 11.9. The minimum absolute atomic E-state index is 0.0233. The Kier molecular flexibility index (Phi) is 7.43. The zero-order chi connectivity index (χ0) is 17.3. The molecular formula is C18H26N2O3. The van der Waals surface area contributed by atoms with Crippen molar-refractivity contribution in [2.45, 2.75) is 27.2 Å². The number of hydrogen-bond acceptors (Lipinski definition) is 3. The van der Waals surface area contributed by atoms with Crippen LogP contribution in [0.3, 0.4) is 0 Å². The number of amides is 2. The van der Waals surface area contributed by atoms with Gasteiger partial charge in [0.25, 0.3) is 0 Å². The Labute approximate surface area is 138 Å². The highest BCUT2D eigenvalue weighted by Crippen LogP contribution is 2.19. The number of nitrogens with one attached hydrogen (secondary N) is 1. The van der Waals surface area contributed by atoms with Crippen molar-refractivity contribution in [1.29, 1.82) is 0 Å². The van der Waals surface area contributed by atoms with Crippen molar-refractivity contribution in [1.82, 2.24) is 4.90 Å². The van der Waals surface area contributed by atoms with Gasteiger partial charge in [-0.1, -0.05) is 32.8 Å². The molecule has 1 rings (SSSR count). The van der Waals surface area contributed by atoms with Crippen LogP contribution in [0.1, 0.15) is 27.2 Å². The Morgan fingerprint density at radius 1 is 1.43 bits per heavy atom. The van der Waals surface area contributed by atoms with E-state index in [-0.39, 0.29) is 24.7 Å². The van der Waals surface area contributed by atoms with Crippen molar-refractivity contribution in [3.63, 3.8) is 0 Å². The first kappa shape index (κ1) is 18.9. The van der Waals surface area contributed by atoms with E-state index in [0.717, 1.165) is 0 Å². The lowest BCUT2D eigenvalue weighted by molar-refractivity contribution is 0.176. The van der Waals surface area contributed by atoms with Crippen LogP contribution in [-0.4, -0.2) is 42.3 Å². The van der Waals surface area contributed by atoms with E-state index in [1.807, 2.05) is 0 Å². The topological polar surface area (TPSA) is 61.8 Å². The molecule has 2 N–H and O–H groups in total. The summed E-state index contributed by atoms with van der Waals surface area (Å²) in [5.74, 6) is 3.01. The maximum Gasteiger partial charge on any atom is 0.321 e. The zero-order valence-electron chi connectivity index (χ0n) is 14.1. The van der Waals surface area contributed by atoms with E-state index in [1.54, 1.807) is 29.2 Å². The van der Waals surface area contributed by atoms with Crippen LogP contribution in [0.15, 0.2) is 24.3 Å². The van der Waals surface area contributed by atoms with E-state index < -0.39 is 0 Å². The first-order valence-corrected chi connectivity index (χ1v) is 7.69. The summed E-state index contributed by atoms with van der Waals surface area (Å²) in [7, 11) is 0. The van der Waals surface area contributed by atoms with Gasteiger partial charge in [0.2, 0.25) is 0 Å². The molecule has 126 valence electrons. The molecule has 0 fully saturated rings. The van der Waals surface area contributed by atoms with Crippen LogP contribution < -0.4 is 10.1 Å². The van der Waals surface area contributed by atoms with Crippen LogP contribution in [0.5, 0.6) is 5.75 Å². The third-order valence-electron chi connectivity index (χ3n) is 2.95. The normalized spacial score (nSPS) is 10.7. The summed E-state index contributed by atoms with van der Waals surface area (Å²) < 4.78 is 5.35. The standard InChI is InChI=1S/C18H26N2O3/c1-5-12-23-16-9-6-8-15(13-16)19-17(22)20(10-7-11-21)14-18(2,3)4/h1,6,8-9,13,21H,7,10-12,14H2,2-4H3,(H,19,22). The van der Waals surface area contributed by atoms with Crippen LogP contribution in [0.2, 0.25) is 0 Å². The molecule has 0 aromatic heterocycles. The molecule has 0 aliphatic heterocycles. The van der Waals surface area contributed by atoms with E-state index in [0.29, 0.717) is 30.9 Å². The minimum atomic E-state index is -0.192. The van der Waals surface area contributed by atoms with E-state index in [4.69, 9.17) is 16.3 Å². The fourth-order valence-electron chi connectivity index (χ4n) is 2.08. The van der Waals surface area contributed by atoms with Crippen molar-refractivity contribution in [2.75, 3.05) is 31.6 Å². The molecule has 0 atom stereocenters. The number of benzene rings is 1. The van der Waals surface area contributed by atoms with Crippen LogP contribution in [0.4, 0.5) is 10.5 Å². The molecule has 0 radical (unpaired) electrons. The van der Waals surface area contributed by atoms with E-state index in [2.05, 4.69) is 32.0 Å². The van der Waals surface area contributed by atoms with Gasteiger partial charge in [-0.05, 0) is 24.0 Å². The second kappa shape index (κ2) is 9.06. The second-order valence-electron chi connectivity index (χ2n) is 6.51. The van der Waals surface area contributed by atoms with Gasteiger partial charge in [0.15, 0.2) is 0 Å². The average Bonchev–Trinajstić information content (AvgIpc) is 2.48. The number of hydrogen-bond donors (Lipinski definition) is 2. The van der Waals surface area contributed by atoms with Gasteiger partial charge in [-0.15, -0.1) is 6.42 Å². The smallest absolute Gasteiger partial charge is 0.321 e. The fraction of sp³-hybridized carbons (Fsp3) is 0.500. The predicted octanol–water partition coefficient (Wildman–Crippen LogP) is 2.96. The van der Waals surface area contributed by atoms with Gasteiger partial charge in [0.05, 0.1) is 0 Å². The molecule has 0 aliphatic carbocycles. The second-order valence-corrected chi connectivity index (χ2v) is 6.51. The number of aliphatic hydroxyl groups is 1. The third-order valence-corrected chi connectivity index (χ3v) is 2.95. The van der Waals surface area contributed by atoms with Crippen molar-refractivity contribution in [3.8, 4) is 18.1 Å². The Morgan fingerprint density at radius 3 is 2.78 bits per heavy atom. The van der Waals surface area contributed by atoms with Gasteiger partial charge in [-0.25, -0.2) is 4.79 Å². The van der Waals surface area contributed by atoms with E-state index in [9.17, 15) is 4.79 Å². The largest absolute Gasteiger partial charge is 0.481 e. The predicted molar refractivity (Wildman–Crippen MR) is 92.5 cm³/mol. The summed E-state index contributed by atoms with van der Waals surface area (Å²) in [6.07, 6.45) is 5.72. The number of ether oxygens (including phenoxy) is 1. The third kappa shape index (κ3) is 7.57. The van der Waals surface area contributed by atoms with Gasteiger partial charge < -0.3 is 20.1 Å². The van der Waals surface area contributed by atoms with E-state index >= 15 is 0 Å². The molecule has 0 saturated heterocycles. The molecule has 0 saturated carbocycles. The first-order valence-electron chi connectivity index (χ1n) is 7.69. The van der Waals surface area contributed by atoms with E-state index in [1.165, 1.54) is 0 Å². The maximum absolute atomic E-state index is 12.5. The number of urea groups is 1. The van der Waals surface area contributed by atoms with Crippen molar-refractivity contribution in [3.05, 3.63) is 24.3 Å². The molecular weight excluding hydrogens is 292 g/mol. The molecule has 23 heavy (non-hydrogen) atoms. The van der Waals surface area contributed by atoms with Gasteiger partial charge in [-0.3, -0.25) is 0 Å². The first-order chi connectivity index (χ1) is 10.9. The molecule has 2 amide bonds. The lowest BCUT2D eigenvalue weighted by Gasteiger charge is -2.30. The SMILES string of the molecule is C#CCOc1cccc(NC(=O)N(CCCO)CC(C)(C)C)c1. The molecule has 0 bridgehead atoms. The lowest BCUT2D eigenvalue weighted by Crippen LogP contribution is -2.41. The molecule has 5 heteroatoms. The van der Waals surface area contributed by atoms with Gasteiger partial charge in [-0.2, -0.15) is 0 Å². The minimum Gasteiger partial charge on any atom is -0.481 e. The fourth-order valence-corrected chi connectivity index (χ4v) is 2.08.